The minimum atomic E-state index is -0.933. The fourth-order valence-corrected chi connectivity index (χ4v) is 3.93. The van der Waals surface area contributed by atoms with E-state index < -0.39 is 42.0 Å². The number of halogens is 2. The van der Waals surface area contributed by atoms with Crippen molar-refractivity contribution in [1.82, 2.24) is 25.3 Å². The van der Waals surface area contributed by atoms with Gasteiger partial charge in [-0.3, -0.25) is 28.8 Å². The number of carbonyl (C=O) groups is 4. The zero-order valence-corrected chi connectivity index (χ0v) is 19.3. The highest BCUT2D eigenvalue weighted by Gasteiger charge is 2.36. The summed E-state index contributed by atoms with van der Waals surface area (Å²) in [7, 11) is 0. The number of nitrogens with zero attached hydrogens (tertiary/aromatic N) is 3. The van der Waals surface area contributed by atoms with Gasteiger partial charge in [0.2, 0.25) is 11.8 Å². The van der Waals surface area contributed by atoms with Gasteiger partial charge in [0.25, 0.3) is 11.8 Å². The van der Waals surface area contributed by atoms with Crippen molar-refractivity contribution in [3.63, 3.8) is 0 Å². The van der Waals surface area contributed by atoms with Crippen LogP contribution >= 0.6 is 15.9 Å². The van der Waals surface area contributed by atoms with Crippen LogP contribution in [0.2, 0.25) is 0 Å². The lowest BCUT2D eigenvalue weighted by molar-refractivity contribution is -0.124. The van der Waals surface area contributed by atoms with Gasteiger partial charge in [-0.25, -0.2) is 4.39 Å². The smallest absolute Gasteiger partial charge is 0.262 e. The molecular weight excluding hydrogens is 509 g/mol. The third-order valence-corrected chi connectivity index (χ3v) is 5.64. The van der Waals surface area contributed by atoms with Crippen LogP contribution in [-0.2, 0) is 16.1 Å². The van der Waals surface area contributed by atoms with Crippen molar-refractivity contribution >= 4 is 39.6 Å². The maximum absolute atomic E-state index is 14.5. The predicted octanol–water partition coefficient (Wildman–Crippen LogP) is 2.05. The Morgan fingerprint density at radius 3 is 2.21 bits per heavy atom. The zero-order chi connectivity index (χ0) is 24.2. The molecule has 0 saturated carbocycles. The molecule has 4 rings (SSSR count). The average Bonchev–Trinajstić information content (AvgIpc) is 3.33. The molecule has 4 amide bonds. The van der Waals surface area contributed by atoms with E-state index in [4.69, 9.17) is 0 Å². The van der Waals surface area contributed by atoms with Gasteiger partial charge < -0.3 is 10.6 Å². The fraction of sp³-hybridized carbons (Fsp3) is 0.174. The molecule has 0 aliphatic carbocycles. The predicted molar refractivity (Wildman–Crippen MR) is 122 cm³/mol. The van der Waals surface area contributed by atoms with Crippen LogP contribution in [0.4, 0.5) is 4.39 Å². The number of benzene rings is 2. The number of hydrogen-bond acceptors (Lipinski definition) is 5. The monoisotopic (exact) mass is 527 g/mol. The highest BCUT2D eigenvalue weighted by atomic mass is 79.9. The van der Waals surface area contributed by atoms with Crippen LogP contribution in [-0.4, -0.2) is 51.4 Å². The molecule has 2 N–H and O–H groups in total. The standard InChI is InChI=1S/C23H19BrFN5O4/c24-19-9-10-29(28-19)12-20(31)26-11-18(16-7-3-4-8-17(16)25)27-21(32)13-30-22(33)14-5-1-2-6-15(14)23(30)34/h1-10,18H,11-13H2,(H,26,31)(H,27,32). The molecule has 0 fully saturated rings. The first-order valence-electron chi connectivity index (χ1n) is 10.3. The van der Waals surface area contributed by atoms with Crippen LogP contribution in [0.15, 0.2) is 65.4 Å². The van der Waals surface area contributed by atoms with Crippen LogP contribution < -0.4 is 10.6 Å². The van der Waals surface area contributed by atoms with Crippen molar-refractivity contribution in [2.24, 2.45) is 0 Å². The van der Waals surface area contributed by atoms with E-state index in [1.165, 1.54) is 35.0 Å². The summed E-state index contributed by atoms with van der Waals surface area (Å²) in [6, 6.07) is 12.9. The van der Waals surface area contributed by atoms with Crippen molar-refractivity contribution in [1.29, 1.82) is 0 Å². The Morgan fingerprint density at radius 1 is 0.941 bits per heavy atom. The summed E-state index contributed by atoms with van der Waals surface area (Å²) in [6.45, 7) is -0.721. The van der Waals surface area contributed by atoms with Gasteiger partial charge in [-0.1, -0.05) is 30.3 Å². The second-order valence-electron chi connectivity index (χ2n) is 7.52. The van der Waals surface area contributed by atoms with Crippen LogP contribution in [0.1, 0.15) is 32.3 Å². The fourth-order valence-electron chi connectivity index (χ4n) is 3.61. The van der Waals surface area contributed by atoms with Gasteiger partial charge in [0.1, 0.15) is 23.5 Å². The Labute approximate surface area is 202 Å². The lowest BCUT2D eigenvalue weighted by Crippen LogP contribution is -2.44. The molecule has 0 spiro atoms. The number of nitrogens with one attached hydrogen (secondary N) is 2. The van der Waals surface area contributed by atoms with Gasteiger partial charge in [-0.2, -0.15) is 5.10 Å². The molecule has 1 unspecified atom stereocenters. The summed E-state index contributed by atoms with van der Waals surface area (Å²) in [5, 5.41) is 9.34. The summed E-state index contributed by atoms with van der Waals surface area (Å²) in [4.78, 5) is 51.0. The van der Waals surface area contributed by atoms with Crippen LogP contribution in [0, 0.1) is 5.82 Å². The zero-order valence-electron chi connectivity index (χ0n) is 17.7. The molecule has 174 valence electrons. The van der Waals surface area contributed by atoms with E-state index in [-0.39, 0.29) is 29.8 Å². The molecule has 34 heavy (non-hydrogen) atoms. The van der Waals surface area contributed by atoms with Gasteiger partial charge in [0.05, 0.1) is 17.2 Å². The van der Waals surface area contributed by atoms with Crippen LogP contribution in [0.25, 0.3) is 0 Å². The molecule has 0 radical (unpaired) electrons. The van der Waals surface area contributed by atoms with E-state index in [0.717, 1.165) is 4.90 Å². The summed E-state index contributed by atoms with van der Waals surface area (Å²) in [5.74, 6) is -2.79. The first kappa shape index (κ1) is 23.3. The molecule has 2 aromatic carbocycles. The highest BCUT2D eigenvalue weighted by Crippen LogP contribution is 2.22. The first-order valence-corrected chi connectivity index (χ1v) is 11.1. The molecule has 1 aliphatic heterocycles. The summed E-state index contributed by atoms with van der Waals surface area (Å²) in [5.41, 5.74) is 0.604. The Morgan fingerprint density at radius 2 is 1.59 bits per heavy atom. The first-order chi connectivity index (χ1) is 16.3. The van der Waals surface area contributed by atoms with Gasteiger partial charge in [-0.15, -0.1) is 0 Å². The average molecular weight is 528 g/mol. The lowest BCUT2D eigenvalue weighted by Gasteiger charge is -2.22. The second-order valence-corrected chi connectivity index (χ2v) is 8.34. The van der Waals surface area contributed by atoms with Gasteiger partial charge in [0.15, 0.2) is 0 Å². The minimum absolute atomic E-state index is 0.0709. The molecule has 9 nitrogen and oxygen atoms in total. The van der Waals surface area contributed by atoms with Gasteiger partial charge >= 0.3 is 0 Å². The third kappa shape index (κ3) is 5.04. The highest BCUT2D eigenvalue weighted by molar-refractivity contribution is 9.10. The maximum atomic E-state index is 14.5. The SMILES string of the molecule is O=C(Cn1ccc(Br)n1)NCC(NC(=O)CN1C(=O)c2ccccc2C1=O)c1ccccc1F. The van der Waals surface area contributed by atoms with Crippen molar-refractivity contribution in [3.8, 4) is 0 Å². The van der Waals surface area contributed by atoms with Crippen molar-refractivity contribution < 1.29 is 23.6 Å². The molecular formula is C23H19BrFN5O4. The number of amides is 4. The summed E-state index contributed by atoms with van der Waals surface area (Å²) in [6.07, 6.45) is 1.61. The molecule has 1 atom stereocenters. The maximum Gasteiger partial charge on any atom is 0.262 e. The Bertz CT molecular complexity index is 1240. The molecule has 1 aliphatic rings. The summed E-state index contributed by atoms with van der Waals surface area (Å²) >= 11 is 3.20. The van der Waals surface area contributed by atoms with E-state index in [0.29, 0.717) is 4.60 Å². The van der Waals surface area contributed by atoms with Crippen molar-refractivity contribution in [3.05, 3.63) is 87.9 Å². The number of hydrogen-bond donors (Lipinski definition) is 2. The molecule has 0 saturated heterocycles. The van der Waals surface area contributed by atoms with Gasteiger partial charge in [-0.05, 0) is 40.2 Å². The molecule has 0 bridgehead atoms. The quantitative estimate of drug-likeness (QED) is 0.435. The van der Waals surface area contributed by atoms with Crippen LogP contribution in [0.3, 0.4) is 0 Å². The third-order valence-electron chi connectivity index (χ3n) is 5.21. The number of rotatable bonds is 8. The minimum Gasteiger partial charge on any atom is -0.352 e. The van der Waals surface area contributed by atoms with Crippen LogP contribution in [0.5, 0.6) is 0 Å². The summed E-state index contributed by atoms with van der Waals surface area (Å²) < 4.78 is 16.5. The molecule has 3 aromatic rings. The molecule has 1 aromatic heterocycles. The van der Waals surface area contributed by atoms with Crippen molar-refractivity contribution in [2.45, 2.75) is 12.6 Å². The lowest BCUT2D eigenvalue weighted by atomic mass is 10.1. The molecule has 11 heteroatoms. The second kappa shape index (κ2) is 9.96. The van der Waals surface area contributed by atoms with Gasteiger partial charge in [0, 0.05) is 18.3 Å². The van der Waals surface area contributed by atoms with E-state index in [1.54, 1.807) is 30.5 Å². The topological polar surface area (TPSA) is 113 Å². The number of fused-ring (bicyclic) bond motifs is 1. The van der Waals surface area contributed by atoms with E-state index in [2.05, 4.69) is 31.7 Å². The number of aromatic nitrogens is 2. The normalized spacial score (nSPS) is 13.5. The largest absolute Gasteiger partial charge is 0.352 e. The van der Waals surface area contributed by atoms with Crippen molar-refractivity contribution in [2.75, 3.05) is 13.1 Å². The number of imide groups is 1. The van der Waals surface area contributed by atoms with E-state index in [1.807, 2.05) is 0 Å². The van der Waals surface area contributed by atoms with E-state index >= 15 is 0 Å². The Kier molecular flexibility index (Phi) is 6.82. The molecule has 2 heterocycles. The van der Waals surface area contributed by atoms with E-state index in [9.17, 15) is 23.6 Å². The Hall–Kier alpha value is -3.86. The Balaban J connectivity index is 1.44. The number of carbonyl (C=O) groups excluding carboxylic acids is 4.